The van der Waals surface area contributed by atoms with E-state index in [0.29, 0.717) is 0 Å². The van der Waals surface area contributed by atoms with Gasteiger partial charge in [-0.25, -0.2) is 9.59 Å². The van der Waals surface area contributed by atoms with Crippen LogP contribution in [0.1, 0.15) is 34.6 Å². The molecule has 0 rings (SSSR count). The third kappa shape index (κ3) is 3.12. The minimum absolute atomic E-state index is 0.795. The first-order valence-corrected chi connectivity index (χ1v) is 5.25. The maximum absolute atomic E-state index is 11.8. The van der Waals surface area contributed by atoms with Crippen molar-refractivity contribution in [1.29, 1.82) is 0 Å². The van der Waals surface area contributed by atoms with Gasteiger partial charge >= 0.3 is 11.9 Å². The second-order valence-electron chi connectivity index (χ2n) is 5.17. The summed E-state index contributed by atoms with van der Waals surface area (Å²) in [6.45, 7) is 7.82. The molecule has 0 heterocycles. The van der Waals surface area contributed by atoms with Crippen molar-refractivity contribution in [3.63, 3.8) is 0 Å². The number of ether oxygens (including phenoxy) is 1. The smallest absolute Gasteiger partial charge is 0.339 e. The SMILES string of the molecule is CC(C)(C)OC(=O)[C@](N)(C(=O)O)C(C)(C)S. The van der Waals surface area contributed by atoms with Gasteiger partial charge in [0.25, 0.3) is 0 Å². The first-order valence-electron chi connectivity index (χ1n) is 4.80. The lowest BCUT2D eigenvalue weighted by atomic mass is 9.86. The Morgan fingerprint density at radius 3 is 1.75 bits per heavy atom. The molecule has 0 aromatic carbocycles. The molecule has 6 heteroatoms. The van der Waals surface area contributed by atoms with Crippen LogP contribution in [-0.2, 0) is 14.3 Å². The Kier molecular flexibility index (Phi) is 4.05. The predicted molar refractivity (Wildman–Crippen MR) is 63.5 cm³/mol. The van der Waals surface area contributed by atoms with E-state index in [9.17, 15) is 9.59 Å². The molecule has 0 aromatic heterocycles. The van der Waals surface area contributed by atoms with Gasteiger partial charge in [-0.05, 0) is 34.6 Å². The van der Waals surface area contributed by atoms with Crippen molar-refractivity contribution in [2.45, 2.75) is 50.5 Å². The molecule has 0 aliphatic heterocycles. The van der Waals surface area contributed by atoms with Crippen molar-refractivity contribution in [3.05, 3.63) is 0 Å². The highest BCUT2D eigenvalue weighted by Gasteiger charge is 2.55. The fraction of sp³-hybridized carbons (Fsp3) is 0.800. The maximum Gasteiger partial charge on any atom is 0.339 e. The number of carbonyl (C=O) groups is 2. The zero-order chi connectivity index (χ0) is 13.4. The summed E-state index contributed by atoms with van der Waals surface area (Å²) in [7, 11) is 0. The lowest BCUT2D eigenvalue weighted by Crippen LogP contribution is -2.67. The van der Waals surface area contributed by atoms with Gasteiger partial charge in [-0.3, -0.25) is 0 Å². The number of carboxylic acids is 1. The minimum atomic E-state index is -2.18. The summed E-state index contributed by atoms with van der Waals surface area (Å²) in [6, 6.07) is 0. The third-order valence-corrected chi connectivity index (χ3v) is 2.38. The lowest BCUT2D eigenvalue weighted by Gasteiger charge is -2.36. The van der Waals surface area contributed by atoms with Crippen LogP contribution in [0.25, 0.3) is 0 Å². The molecule has 0 unspecified atom stereocenters. The van der Waals surface area contributed by atoms with Crippen molar-refractivity contribution in [3.8, 4) is 0 Å². The molecule has 0 saturated heterocycles. The fourth-order valence-corrected chi connectivity index (χ4v) is 1.14. The quantitative estimate of drug-likeness (QED) is 0.391. The van der Waals surface area contributed by atoms with Gasteiger partial charge in [0.15, 0.2) is 0 Å². The number of hydrogen-bond acceptors (Lipinski definition) is 5. The number of nitrogens with two attached hydrogens (primary N) is 1. The van der Waals surface area contributed by atoms with E-state index in [-0.39, 0.29) is 0 Å². The summed E-state index contributed by atoms with van der Waals surface area (Å²) < 4.78 is 3.76. The number of rotatable bonds is 3. The molecular formula is C10H19NO4S. The van der Waals surface area contributed by atoms with Gasteiger partial charge in [-0.15, -0.1) is 0 Å². The van der Waals surface area contributed by atoms with E-state index in [4.69, 9.17) is 15.6 Å². The summed E-state index contributed by atoms with van der Waals surface area (Å²) in [4.78, 5) is 22.9. The van der Waals surface area contributed by atoms with Crippen molar-refractivity contribution in [2.75, 3.05) is 0 Å². The standard InChI is InChI=1S/C10H19NO4S/c1-8(2,3)15-7(14)10(11,6(12)13)9(4,5)16/h16H,11H2,1-5H3,(H,12,13)/t10-/m1/s1. The Balaban J connectivity index is 5.26. The molecule has 0 fully saturated rings. The molecule has 0 aliphatic rings. The number of aliphatic carboxylic acids is 1. The number of hydrogen-bond donors (Lipinski definition) is 3. The molecule has 5 nitrogen and oxygen atoms in total. The van der Waals surface area contributed by atoms with Gasteiger partial charge in [0.2, 0.25) is 5.54 Å². The monoisotopic (exact) mass is 249 g/mol. The molecule has 3 N–H and O–H groups in total. The average Bonchev–Trinajstić information content (AvgIpc) is 1.96. The highest BCUT2D eigenvalue weighted by molar-refractivity contribution is 7.82. The Morgan fingerprint density at radius 2 is 1.56 bits per heavy atom. The molecular weight excluding hydrogens is 230 g/mol. The van der Waals surface area contributed by atoms with Gasteiger partial charge < -0.3 is 15.6 Å². The van der Waals surface area contributed by atoms with Crippen LogP contribution in [-0.4, -0.2) is 32.9 Å². The molecule has 0 saturated carbocycles. The summed E-state index contributed by atoms with van der Waals surface area (Å²) in [5, 5.41) is 9.06. The second-order valence-corrected chi connectivity index (χ2v) is 6.29. The Morgan fingerprint density at radius 1 is 1.19 bits per heavy atom. The van der Waals surface area contributed by atoms with E-state index in [1.165, 1.54) is 13.8 Å². The Labute approximate surface area is 101 Å². The van der Waals surface area contributed by atoms with Gasteiger partial charge in [0.1, 0.15) is 5.60 Å². The first-order chi connectivity index (χ1) is 6.82. The zero-order valence-electron chi connectivity index (χ0n) is 10.2. The largest absolute Gasteiger partial charge is 0.479 e. The number of esters is 1. The van der Waals surface area contributed by atoms with Crippen LogP contribution in [0.2, 0.25) is 0 Å². The third-order valence-electron chi connectivity index (χ3n) is 2.02. The van der Waals surface area contributed by atoms with Crippen molar-refractivity contribution < 1.29 is 19.4 Å². The van der Waals surface area contributed by atoms with Crippen LogP contribution in [0.5, 0.6) is 0 Å². The van der Waals surface area contributed by atoms with E-state index < -0.39 is 27.8 Å². The minimum Gasteiger partial charge on any atom is -0.479 e. The second kappa shape index (κ2) is 4.25. The van der Waals surface area contributed by atoms with E-state index >= 15 is 0 Å². The maximum atomic E-state index is 11.8. The predicted octanol–water partition coefficient (Wildman–Crippen LogP) is 0.819. The molecule has 0 amide bonds. The fourth-order valence-electron chi connectivity index (χ4n) is 0.957. The van der Waals surface area contributed by atoms with E-state index in [1.807, 2.05) is 0 Å². The van der Waals surface area contributed by atoms with Crippen LogP contribution >= 0.6 is 12.6 Å². The summed E-state index contributed by atoms with van der Waals surface area (Å²) in [6.07, 6.45) is 0. The van der Waals surface area contributed by atoms with Crippen LogP contribution in [0.4, 0.5) is 0 Å². The van der Waals surface area contributed by atoms with Gasteiger partial charge in [-0.1, -0.05) is 0 Å². The summed E-state index contributed by atoms with van der Waals surface area (Å²) in [5.41, 5.74) is 2.65. The highest BCUT2D eigenvalue weighted by Crippen LogP contribution is 2.29. The van der Waals surface area contributed by atoms with Crippen molar-refractivity contribution in [2.24, 2.45) is 5.73 Å². The Hall–Kier alpha value is -0.750. The normalized spacial score (nSPS) is 16.4. The van der Waals surface area contributed by atoms with E-state index in [1.54, 1.807) is 20.8 Å². The van der Waals surface area contributed by atoms with Crippen LogP contribution in [0.15, 0.2) is 0 Å². The molecule has 0 aliphatic carbocycles. The lowest BCUT2D eigenvalue weighted by molar-refractivity contribution is -0.170. The molecule has 0 bridgehead atoms. The molecule has 94 valence electrons. The van der Waals surface area contributed by atoms with E-state index in [2.05, 4.69) is 12.6 Å². The highest BCUT2D eigenvalue weighted by atomic mass is 32.1. The average molecular weight is 249 g/mol. The van der Waals surface area contributed by atoms with Gasteiger partial charge in [0.05, 0.1) is 0 Å². The first kappa shape index (κ1) is 15.2. The summed E-state index contributed by atoms with van der Waals surface area (Å²) in [5.74, 6) is -2.45. The molecule has 0 spiro atoms. The molecule has 0 aromatic rings. The van der Waals surface area contributed by atoms with Crippen molar-refractivity contribution in [1.82, 2.24) is 0 Å². The zero-order valence-corrected chi connectivity index (χ0v) is 11.1. The van der Waals surface area contributed by atoms with Crippen LogP contribution in [0, 0.1) is 0 Å². The van der Waals surface area contributed by atoms with Crippen molar-refractivity contribution >= 4 is 24.6 Å². The molecule has 1 atom stereocenters. The molecule has 16 heavy (non-hydrogen) atoms. The Bertz CT molecular complexity index is 303. The van der Waals surface area contributed by atoms with Crippen LogP contribution in [0.3, 0.4) is 0 Å². The van der Waals surface area contributed by atoms with Crippen LogP contribution < -0.4 is 5.73 Å². The summed E-state index contributed by atoms with van der Waals surface area (Å²) >= 11 is 4.06. The number of carbonyl (C=O) groups excluding carboxylic acids is 1. The topological polar surface area (TPSA) is 89.6 Å². The van der Waals surface area contributed by atoms with Gasteiger partial charge in [0, 0.05) is 4.75 Å². The van der Waals surface area contributed by atoms with E-state index in [0.717, 1.165) is 0 Å². The number of thiol groups is 1. The van der Waals surface area contributed by atoms with Gasteiger partial charge in [-0.2, -0.15) is 12.6 Å². The number of carboxylic acid groups (broad SMARTS) is 1. The molecule has 0 radical (unpaired) electrons.